The summed E-state index contributed by atoms with van der Waals surface area (Å²) >= 11 is 5.93. The van der Waals surface area contributed by atoms with Crippen molar-refractivity contribution in [2.75, 3.05) is 50.7 Å². The predicted octanol–water partition coefficient (Wildman–Crippen LogP) is 9.94. The molecule has 2 aliphatic rings. The predicted molar refractivity (Wildman–Crippen MR) is 187 cm³/mol. The van der Waals surface area contributed by atoms with Gasteiger partial charge >= 0.3 is 0 Å². The highest BCUT2D eigenvalue weighted by Crippen LogP contribution is 2.47. The molecule has 0 amide bonds. The first-order valence-corrected chi connectivity index (χ1v) is 17.6. The van der Waals surface area contributed by atoms with Crippen LogP contribution in [0.5, 0.6) is 0 Å². The molecule has 1 saturated heterocycles. The fraction of sp³-hybridized carbons (Fsp3) is 0.703. The van der Waals surface area contributed by atoms with E-state index in [9.17, 15) is 4.79 Å². The molecule has 2 heterocycles. The molecule has 3 unspecified atom stereocenters. The average Bonchev–Trinajstić information content (AvgIpc) is 3.14. The van der Waals surface area contributed by atoms with Crippen molar-refractivity contribution in [1.82, 2.24) is 9.80 Å². The summed E-state index contributed by atoms with van der Waals surface area (Å²) in [5, 5.41) is 0. The normalized spacial score (nSPS) is 19.7. The maximum absolute atomic E-state index is 11.6. The van der Waals surface area contributed by atoms with E-state index in [0.29, 0.717) is 17.9 Å². The number of anilines is 1. The molecule has 0 spiro atoms. The number of halogens is 1. The molecule has 42 heavy (non-hydrogen) atoms. The molecule has 1 fully saturated rings. The fourth-order valence-electron chi connectivity index (χ4n) is 6.13. The number of hydrogen-bond donors (Lipinski definition) is 0. The van der Waals surface area contributed by atoms with E-state index in [-0.39, 0.29) is 0 Å². The van der Waals surface area contributed by atoms with Crippen LogP contribution >= 0.6 is 11.6 Å². The number of likely N-dealkylation sites (tertiary alicyclic amines) is 1. The summed E-state index contributed by atoms with van der Waals surface area (Å²) in [7, 11) is 0. The molecule has 2 aliphatic heterocycles. The fourth-order valence-corrected chi connectivity index (χ4v) is 6.21. The minimum absolute atomic E-state index is 0.426. The lowest BCUT2D eigenvalue weighted by molar-refractivity contribution is 0.112. The van der Waals surface area contributed by atoms with Crippen LogP contribution in [0.25, 0.3) is 0 Å². The van der Waals surface area contributed by atoms with Crippen molar-refractivity contribution >= 4 is 23.6 Å². The molecule has 1 aromatic rings. The van der Waals surface area contributed by atoms with E-state index >= 15 is 0 Å². The van der Waals surface area contributed by atoms with Crippen LogP contribution in [0.4, 0.5) is 5.69 Å². The van der Waals surface area contributed by atoms with Crippen LogP contribution in [-0.4, -0.2) is 67.9 Å². The van der Waals surface area contributed by atoms with E-state index in [4.69, 9.17) is 11.6 Å². The van der Waals surface area contributed by atoms with Crippen molar-refractivity contribution in [3.63, 3.8) is 0 Å². The van der Waals surface area contributed by atoms with Crippen LogP contribution < -0.4 is 4.90 Å². The average molecular weight is 602 g/mol. The number of carbonyl (C=O) groups is 1. The number of benzene rings is 1. The molecule has 0 radical (unpaired) electrons. The summed E-state index contributed by atoms with van der Waals surface area (Å²) in [6.07, 6.45) is 19.0. The molecule has 0 aromatic heterocycles. The second-order valence-corrected chi connectivity index (χ2v) is 11.9. The van der Waals surface area contributed by atoms with Crippen LogP contribution in [0, 0.1) is 5.92 Å². The third kappa shape index (κ3) is 12.9. The Morgan fingerprint density at radius 2 is 1.69 bits per heavy atom. The second-order valence-electron chi connectivity index (χ2n) is 11.7. The molecule has 0 saturated carbocycles. The first-order valence-electron chi connectivity index (χ1n) is 17.2. The molecular formula is C37H64ClN3O. The number of rotatable bonds is 15. The molecule has 4 nitrogen and oxygen atoms in total. The molecule has 3 atom stereocenters. The zero-order valence-electron chi connectivity index (χ0n) is 28.3. The minimum Gasteiger partial charge on any atom is -0.366 e. The van der Waals surface area contributed by atoms with Crippen molar-refractivity contribution in [3.05, 3.63) is 53.1 Å². The van der Waals surface area contributed by atoms with Gasteiger partial charge in [-0.2, -0.15) is 0 Å². The van der Waals surface area contributed by atoms with Crippen LogP contribution in [0.2, 0.25) is 0 Å². The van der Waals surface area contributed by atoms with Crippen molar-refractivity contribution in [2.45, 2.75) is 118 Å². The highest BCUT2D eigenvalue weighted by molar-refractivity contribution is 6.25. The van der Waals surface area contributed by atoms with Gasteiger partial charge in [0.25, 0.3) is 0 Å². The van der Waals surface area contributed by atoms with Crippen molar-refractivity contribution in [3.8, 4) is 0 Å². The van der Waals surface area contributed by atoms with Gasteiger partial charge in [-0.3, -0.25) is 9.69 Å². The number of carbonyl (C=O) groups excluding carboxylic acids is 1. The first kappa shape index (κ1) is 38.4. The lowest BCUT2D eigenvalue weighted by Crippen LogP contribution is -2.42. The Kier molecular flexibility index (Phi) is 21.8. The third-order valence-electron chi connectivity index (χ3n) is 8.80. The standard InChI is InChI=1S/C31H48ClN3O.C4H10.C2H6/c1-4-6-13-29-31(26(3)5-2)28-15-14-27(25-36)24-30(28)35(29)23-22-34(19-11-16-32)21-12-20-33-17-9-7-8-10-18-33;1-3-4-2;1-2/h4,6,11,14-16,24-26,29,31H,5,7-10,12-13,17-23H2,1-3H3;3-4H2,1-2H3;1-2H3/b6-4-,16-11+;;. The van der Waals surface area contributed by atoms with E-state index in [1.54, 1.807) is 5.54 Å². The van der Waals surface area contributed by atoms with Gasteiger partial charge in [0, 0.05) is 48.4 Å². The summed E-state index contributed by atoms with van der Waals surface area (Å²) in [6.45, 7) is 22.8. The Balaban J connectivity index is 0.00000135. The summed E-state index contributed by atoms with van der Waals surface area (Å²) in [6, 6.07) is 6.76. The van der Waals surface area contributed by atoms with Crippen LogP contribution in [0.3, 0.4) is 0 Å². The molecule has 0 aliphatic carbocycles. The van der Waals surface area contributed by atoms with Gasteiger partial charge in [0.05, 0.1) is 0 Å². The highest BCUT2D eigenvalue weighted by Gasteiger charge is 2.40. The third-order valence-corrected chi connectivity index (χ3v) is 8.98. The summed E-state index contributed by atoms with van der Waals surface area (Å²) in [5.41, 5.74) is 5.10. The van der Waals surface area contributed by atoms with Crippen LogP contribution in [-0.2, 0) is 0 Å². The van der Waals surface area contributed by atoms with Crippen LogP contribution in [0.1, 0.15) is 128 Å². The molecule has 0 bridgehead atoms. The topological polar surface area (TPSA) is 26.8 Å². The maximum atomic E-state index is 11.6. The van der Waals surface area contributed by atoms with Gasteiger partial charge in [0.1, 0.15) is 6.29 Å². The zero-order valence-corrected chi connectivity index (χ0v) is 29.0. The molecule has 5 heteroatoms. The van der Waals surface area contributed by atoms with Gasteiger partial charge < -0.3 is 9.80 Å². The smallest absolute Gasteiger partial charge is 0.150 e. The van der Waals surface area contributed by atoms with E-state index in [1.807, 2.05) is 19.9 Å². The second kappa shape index (κ2) is 23.8. The van der Waals surface area contributed by atoms with Gasteiger partial charge in [-0.1, -0.05) is 116 Å². The van der Waals surface area contributed by atoms with Crippen molar-refractivity contribution in [2.24, 2.45) is 5.92 Å². The summed E-state index contributed by atoms with van der Waals surface area (Å²) in [5.74, 6) is 1.08. The Morgan fingerprint density at radius 1 is 1.00 bits per heavy atom. The summed E-state index contributed by atoms with van der Waals surface area (Å²) < 4.78 is 0. The molecule has 3 rings (SSSR count). The number of allylic oxidation sites excluding steroid dienone is 1. The number of fused-ring (bicyclic) bond motifs is 1. The maximum Gasteiger partial charge on any atom is 0.150 e. The van der Waals surface area contributed by atoms with Crippen molar-refractivity contribution in [1.29, 1.82) is 0 Å². The first-order chi connectivity index (χ1) is 20.5. The molecular weight excluding hydrogens is 538 g/mol. The Bertz CT molecular complexity index is 876. The van der Waals surface area contributed by atoms with E-state index in [2.05, 4.69) is 79.7 Å². The quantitative estimate of drug-likeness (QED) is 0.148. The van der Waals surface area contributed by atoms with Gasteiger partial charge in [-0.05, 0) is 76.3 Å². The number of hydrogen-bond acceptors (Lipinski definition) is 4. The Hall–Kier alpha value is -1.62. The SMILES string of the molecule is C/C=C\CC1C(C(C)CC)c2ccc(C=O)cc2N1CCN(C/C=C/Cl)CCCN1CCCCCC1.CC.CCCC. The molecule has 240 valence electrons. The van der Waals surface area contributed by atoms with Crippen molar-refractivity contribution < 1.29 is 4.79 Å². The molecule has 1 aromatic carbocycles. The monoisotopic (exact) mass is 601 g/mol. The van der Waals surface area contributed by atoms with Crippen LogP contribution in [0.15, 0.2) is 42.0 Å². The summed E-state index contributed by atoms with van der Waals surface area (Å²) in [4.78, 5) is 19.4. The van der Waals surface area contributed by atoms with Gasteiger partial charge in [0.2, 0.25) is 0 Å². The number of unbranched alkanes of at least 4 members (excludes halogenated alkanes) is 1. The Morgan fingerprint density at radius 3 is 2.26 bits per heavy atom. The number of nitrogens with zero attached hydrogens (tertiary/aromatic N) is 3. The minimum atomic E-state index is 0.426. The van der Waals surface area contributed by atoms with E-state index < -0.39 is 0 Å². The van der Waals surface area contributed by atoms with E-state index in [1.165, 1.54) is 75.8 Å². The van der Waals surface area contributed by atoms with Gasteiger partial charge in [-0.25, -0.2) is 0 Å². The molecule has 0 N–H and O–H groups in total. The lowest BCUT2D eigenvalue weighted by atomic mass is 9.81. The Labute approximate surface area is 265 Å². The van der Waals surface area contributed by atoms with E-state index in [0.717, 1.165) is 50.9 Å². The highest BCUT2D eigenvalue weighted by atomic mass is 35.5. The largest absolute Gasteiger partial charge is 0.366 e. The van der Waals surface area contributed by atoms with Gasteiger partial charge in [-0.15, -0.1) is 0 Å². The lowest BCUT2D eigenvalue weighted by Gasteiger charge is -2.34. The number of aldehydes is 1. The van der Waals surface area contributed by atoms with Gasteiger partial charge in [0.15, 0.2) is 0 Å². The zero-order chi connectivity index (χ0) is 31.2.